The smallest absolute Gasteiger partial charge is 0.367 e. The van der Waals surface area contributed by atoms with Gasteiger partial charge in [0.05, 0.1) is 14.2 Å². The Morgan fingerprint density at radius 3 is 2.47 bits per heavy atom. The summed E-state index contributed by atoms with van der Waals surface area (Å²) in [5.41, 5.74) is 0.982. The molecule has 2 heterocycles. The van der Waals surface area contributed by atoms with E-state index in [1.165, 1.54) is 25.6 Å². The van der Waals surface area contributed by atoms with E-state index in [0.29, 0.717) is 11.2 Å². The Morgan fingerprint density at radius 1 is 1.29 bits per heavy atom. The zero-order valence-corrected chi connectivity index (χ0v) is 10.3. The predicted octanol–water partition coefficient (Wildman–Crippen LogP) is 1.21. The standard InChI is InChI=1S/C10H10N2O4S/c1-12-6(9(13)15-2)4-5-8(12)17-7(11-5)10(14)16-3/h4H,1-3H3. The molecule has 0 unspecified atom stereocenters. The Hall–Kier alpha value is -1.89. The van der Waals surface area contributed by atoms with E-state index >= 15 is 0 Å². The first-order chi connectivity index (χ1) is 8.08. The summed E-state index contributed by atoms with van der Waals surface area (Å²) < 4.78 is 10.9. The monoisotopic (exact) mass is 254 g/mol. The van der Waals surface area contributed by atoms with Gasteiger partial charge in [-0.25, -0.2) is 14.6 Å². The molecule has 0 aliphatic rings. The van der Waals surface area contributed by atoms with E-state index in [2.05, 4.69) is 14.5 Å². The lowest BCUT2D eigenvalue weighted by Crippen LogP contribution is -2.07. The van der Waals surface area contributed by atoms with Crippen molar-refractivity contribution in [2.45, 2.75) is 0 Å². The number of rotatable bonds is 2. The van der Waals surface area contributed by atoms with Crippen LogP contribution in [0, 0.1) is 0 Å². The van der Waals surface area contributed by atoms with Crippen molar-refractivity contribution in [3.63, 3.8) is 0 Å². The van der Waals surface area contributed by atoms with E-state index in [1.54, 1.807) is 17.7 Å². The maximum Gasteiger partial charge on any atom is 0.367 e. The molecule has 2 rings (SSSR count). The van der Waals surface area contributed by atoms with Crippen LogP contribution < -0.4 is 0 Å². The summed E-state index contributed by atoms with van der Waals surface area (Å²) in [4.78, 5) is 27.5. The van der Waals surface area contributed by atoms with E-state index < -0.39 is 11.9 Å². The van der Waals surface area contributed by atoms with Crippen LogP contribution in [0.3, 0.4) is 0 Å². The Kier molecular flexibility index (Phi) is 2.84. The Morgan fingerprint density at radius 2 is 1.94 bits per heavy atom. The van der Waals surface area contributed by atoms with E-state index in [-0.39, 0.29) is 5.01 Å². The second-order valence-corrected chi connectivity index (χ2v) is 4.26. The quantitative estimate of drug-likeness (QED) is 0.753. The zero-order valence-electron chi connectivity index (χ0n) is 9.51. The molecule has 0 aliphatic carbocycles. The number of aryl methyl sites for hydroxylation is 1. The van der Waals surface area contributed by atoms with Crippen molar-refractivity contribution in [2.75, 3.05) is 14.2 Å². The highest BCUT2D eigenvalue weighted by Crippen LogP contribution is 2.25. The second kappa shape index (κ2) is 4.17. The lowest BCUT2D eigenvalue weighted by molar-refractivity contribution is 0.0586. The number of esters is 2. The first-order valence-electron chi connectivity index (χ1n) is 4.71. The van der Waals surface area contributed by atoms with Crippen molar-refractivity contribution < 1.29 is 19.1 Å². The molecule has 0 spiro atoms. The molecule has 90 valence electrons. The largest absolute Gasteiger partial charge is 0.464 e. The van der Waals surface area contributed by atoms with Gasteiger partial charge < -0.3 is 14.0 Å². The summed E-state index contributed by atoms with van der Waals surface area (Å²) in [6, 6.07) is 1.59. The number of carbonyl (C=O) groups excluding carboxylic acids is 2. The molecule has 0 fully saturated rings. The van der Waals surface area contributed by atoms with Gasteiger partial charge in [-0.3, -0.25) is 0 Å². The Bertz CT molecular complexity index is 599. The van der Waals surface area contributed by atoms with Crippen molar-refractivity contribution in [2.24, 2.45) is 7.05 Å². The fourth-order valence-corrected chi connectivity index (χ4v) is 2.41. The minimum absolute atomic E-state index is 0.268. The van der Waals surface area contributed by atoms with Crippen molar-refractivity contribution in [3.8, 4) is 0 Å². The number of nitrogens with zero attached hydrogens (tertiary/aromatic N) is 2. The molecule has 0 saturated carbocycles. The fraction of sp³-hybridized carbons (Fsp3) is 0.300. The van der Waals surface area contributed by atoms with Crippen LogP contribution in [0.5, 0.6) is 0 Å². The fourth-order valence-electron chi connectivity index (χ4n) is 1.47. The molecule has 0 bridgehead atoms. The molecule has 17 heavy (non-hydrogen) atoms. The minimum atomic E-state index is -0.481. The first kappa shape index (κ1) is 11.6. The van der Waals surface area contributed by atoms with Gasteiger partial charge in [0.2, 0.25) is 5.01 Å². The molecule has 0 amide bonds. The number of hydrogen-bond donors (Lipinski definition) is 0. The van der Waals surface area contributed by atoms with Gasteiger partial charge in [0, 0.05) is 7.05 Å². The van der Waals surface area contributed by atoms with E-state index in [0.717, 1.165) is 4.83 Å². The summed E-state index contributed by atoms with van der Waals surface area (Å²) in [7, 11) is 4.33. The third-order valence-electron chi connectivity index (χ3n) is 2.33. The molecule has 7 heteroatoms. The molecule has 2 aromatic heterocycles. The summed E-state index contributed by atoms with van der Waals surface area (Å²) >= 11 is 1.17. The number of hydrogen-bond acceptors (Lipinski definition) is 6. The minimum Gasteiger partial charge on any atom is -0.464 e. The number of fused-ring (bicyclic) bond motifs is 1. The average Bonchev–Trinajstić information content (AvgIpc) is 2.87. The number of ether oxygens (including phenoxy) is 2. The van der Waals surface area contributed by atoms with Crippen LogP contribution >= 0.6 is 11.3 Å². The summed E-state index contributed by atoms with van der Waals surface area (Å²) in [6.07, 6.45) is 0. The molecule has 0 N–H and O–H groups in total. The topological polar surface area (TPSA) is 70.4 Å². The second-order valence-electron chi connectivity index (χ2n) is 3.28. The number of carbonyl (C=O) groups is 2. The maximum atomic E-state index is 11.4. The van der Waals surface area contributed by atoms with Crippen molar-refractivity contribution in [3.05, 3.63) is 16.8 Å². The van der Waals surface area contributed by atoms with Gasteiger partial charge in [0.15, 0.2) is 0 Å². The number of aromatic nitrogens is 2. The number of thiazole rings is 1. The van der Waals surface area contributed by atoms with Gasteiger partial charge in [-0.05, 0) is 6.07 Å². The van der Waals surface area contributed by atoms with Crippen molar-refractivity contribution in [1.82, 2.24) is 9.55 Å². The molecule has 6 nitrogen and oxygen atoms in total. The van der Waals surface area contributed by atoms with E-state index in [9.17, 15) is 9.59 Å². The Labute approximate surface area is 101 Å². The molecule has 0 aliphatic heterocycles. The van der Waals surface area contributed by atoms with Gasteiger partial charge >= 0.3 is 11.9 Å². The van der Waals surface area contributed by atoms with Crippen LogP contribution in [-0.2, 0) is 16.5 Å². The Balaban J connectivity index is 2.52. The number of methoxy groups -OCH3 is 2. The highest BCUT2D eigenvalue weighted by molar-refractivity contribution is 7.19. The highest BCUT2D eigenvalue weighted by atomic mass is 32.1. The third kappa shape index (κ3) is 1.78. The average molecular weight is 254 g/mol. The zero-order chi connectivity index (χ0) is 12.6. The lowest BCUT2D eigenvalue weighted by atomic mass is 10.4. The van der Waals surface area contributed by atoms with Gasteiger partial charge in [-0.2, -0.15) is 0 Å². The SMILES string of the molecule is COC(=O)c1nc2cc(C(=O)OC)n(C)c2s1. The highest BCUT2D eigenvalue weighted by Gasteiger charge is 2.19. The van der Waals surface area contributed by atoms with E-state index in [4.69, 9.17) is 0 Å². The molecule has 0 atom stereocenters. The first-order valence-corrected chi connectivity index (χ1v) is 5.53. The van der Waals surface area contributed by atoms with Crippen molar-refractivity contribution in [1.29, 1.82) is 0 Å². The molecule has 0 radical (unpaired) electrons. The van der Waals surface area contributed by atoms with Gasteiger partial charge in [-0.1, -0.05) is 11.3 Å². The lowest BCUT2D eigenvalue weighted by Gasteiger charge is -2.00. The molecular weight excluding hydrogens is 244 g/mol. The molecular formula is C10H10N2O4S. The third-order valence-corrected chi connectivity index (χ3v) is 3.46. The van der Waals surface area contributed by atoms with Gasteiger partial charge in [-0.15, -0.1) is 0 Å². The summed E-state index contributed by atoms with van der Waals surface area (Å²) in [5, 5.41) is 0.268. The normalized spacial score (nSPS) is 10.5. The van der Waals surface area contributed by atoms with E-state index in [1.807, 2.05) is 0 Å². The predicted molar refractivity (Wildman–Crippen MR) is 61.3 cm³/mol. The molecule has 0 aromatic carbocycles. The van der Waals surface area contributed by atoms with Crippen molar-refractivity contribution >= 4 is 33.6 Å². The van der Waals surface area contributed by atoms with Crippen LogP contribution in [0.15, 0.2) is 6.07 Å². The van der Waals surface area contributed by atoms with Crippen LogP contribution in [0.1, 0.15) is 20.3 Å². The van der Waals surface area contributed by atoms with Crippen LogP contribution in [-0.4, -0.2) is 35.7 Å². The van der Waals surface area contributed by atoms with Crippen LogP contribution in [0.2, 0.25) is 0 Å². The summed E-state index contributed by atoms with van der Waals surface area (Å²) in [6.45, 7) is 0. The van der Waals surface area contributed by atoms with Crippen LogP contribution in [0.25, 0.3) is 10.3 Å². The van der Waals surface area contributed by atoms with Gasteiger partial charge in [0.25, 0.3) is 0 Å². The molecule has 2 aromatic rings. The van der Waals surface area contributed by atoms with Crippen LogP contribution in [0.4, 0.5) is 0 Å². The molecule has 0 saturated heterocycles. The maximum absolute atomic E-state index is 11.4. The summed E-state index contributed by atoms with van der Waals surface area (Å²) in [5.74, 6) is -0.914. The van der Waals surface area contributed by atoms with Gasteiger partial charge in [0.1, 0.15) is 16.0 Å².